The molecule has 0 radical (unpaired) electrons. The first-order valence-electron chi connectivity index (χ1n) is 8.12. The number of carboxylic acid groups (broad SMARTS) is 1. The van der Waals surface area contributed by atoms with Crippen LogP contribution in [0.2, 0.25) is 0 Å². The summed E-state index contributed by atoms with van der Waals surface area (Å²) in [5.74, 6) is -0.416. The number of carboxylic acids is 1. The minimum Gasteiger partial charge on any atom is -0.480 e. The molecule has 5 heteroatoms. The predicted molar refractivity (Wildman–Crippen MR) is 83.3 cm³/mol. The number of aliphatic carboxylic acids is 1. The van der Waals surface area contributed by atoms with Crippen LogP contribution < -0.4 is 0 Å². The normalized spacial score (nSPS) is 15.7. The van der Waals surface area contributed by atoms with Crippen molar-refractivity contribution in [2.45, 2.75) is 71.9 Å². The Morgan fingerprint density at radius 3 is 2.14 bits per heavy atom. The molecule has 0 aromatic carbocycles. The topological polar surface area (TPSA) is 60.9 Å². The van der Waals surface area contributed by atoms with Crippen molar-refractivity contribution in [3.63, 3.8) is 0 Å². The number of hydrogen-bond acceptors (Lipinski definition) is 2. The molecule has 1 saturated carbocycles. The van der Waals surface area contributed by atoms with Gasteiger partial charge >= 0.3 is 12.0 Å². The molecule has 0 aliphatic heterocycles. The first-order chi connectivity index (χ1) is 9.82. The van der Waals surface area contributed by atoms with Crippen molar-refractivity contribution >= 4 is 12.0 Å². The Balaban J connectivity index is 2.82. The maximum Gasteiger partial charge on any atom is 0.323 e. The summed E-state index contributed by atoms with van der Waals surface area (Å²) in [6.45, 7) is 8.54. The number of urea groups is 1. The Labute approximate surface area is 128 Å². The molecule has 0 aromatic heterocycles. The molecule has 0 aromatic rings. The molecule has 2 amide bonds. The van der Waals surface area contributed by atoms with Gasteiger partial charge in [0.05, 0.1) is 0 Å². The molecule has 1 N–H and O–H groups in total. The van der Waals surface area contributed by atoms with Crippen molar-refractivity contribution in [2.24, 2.45) is 5.92 Å². The lowest BCUT2D eigenvalue weighted by molar-refractivity contribution is -0.138. The largest absolute Gasteiger partial charge is 0.480 e. The minimum atomic E-state index is -0.952. The zero-order chi connectivity index (χ0) is 16.0. The third-order valence-electron chi connectivity index (χ3n) is 4.13. The van der Waals surface area contributed by atoms with Gasteiger partial charge in [-0.1, -0.05) is 26.7 Å². The van der Waals surface area contributed by atoms with Crippen molar-refractivity contribution in [1.29, 1.82) is 0 Å². The summed E-state index contributed by atoms with van der Waals surface area (Å²) in [6.07, 6.45) is 5.38. The summed E-state index contributed by atoms with van der Waals surface area (Å²) in [5, 5.41) is 9.03. The second-order valence-corrected chi connectivity index (χ2v) is 6.71. The molecule has 0 spiro atoms. The first kappa shape index (κ1) is 17.8. The minimum absolute atomic E-state index is 0.100. The Hall–Kier alpha value is -1.26. The van der Waals surface area contributed by atoms with Gasteiger partial charge in [-0.2, -0.15) is 0 Å². The molecule has 5 nitrogen and oxygen atoms in total. The van der Waals surface area contributed by atoms with Crippen molar-refractivity contribution in [3.8, 4) is 0 Å². The van der Waals surface area contributed by atoms with E-state index in [0.717, 1.165) is 38.6 Å². The fraction of sp³-hybridized carbons (Fsp3) is 0.875. The highest BCUT2D eigenvalue weighted by atomic mass is 16.4. The molecule has 0 saturated heterocycles. The van der Waals surface area contributed by atoms with Gasteiger partial charge in [-0.25, -0.2) is 4.79 Å². The lowest BCUT2D eigenvalue weighted by Crippen LogP contribution is -2.51. The molecule has 0 unspecified atom stereocenters. The highest BCUT2D eigenvalue weighted by molar-refractivity contribution is 5.80. The summed E-state index contributed by atoms with van der Waals surface area (Å²) in [5.41, 5.74) is 0. The summed E-state index contributed by atoms with van der Waals surface area (Å²) < 4.78 is 0. The number of carbonyl (C=O) groups is 2. The van der Waals surface area contributed by atoms with Crippen molar-refractivity contribution < 1.29 is 14.7 Å². The first-order valence-corrected chi connectivity index (χ1v) is 8.12. The van der Waals surface area contributed by atoms with Gasteiger partial charge in [-0.3, -0.25) is 4.79 Å². The Morgan fingerprint density at radius 1 is 1.14 bits per heavy atom. The van der Waals surface area contributed by atoms with E-state index in [4.69, 9.17) is 5.11 Å². The van der Waals surface area contributed by atoms with Gasteiger partial charge in [0.15, 0.2) is 0 Å². The Kier molecular flexibility index (Phi) is 6.99. The fourth-order valence-corrected chi connectivity index (χ4v) is 2.83. The van der Waals surface area contributed by atoms with Crippen LogP contribution in [-0.2, 0) is 4.79 Å². The van der Waals surface area contributed by atoms with Crippen LogP contribution in [-0.4, -0.2) is 52.1 Å². The summed E-state index contributed by atoms with van der Waals surface area (Å²) in [7, 11) is 0. The molecule has 122 valence electrons. The van der Waals surface area contributed by atoms with E-state index < -0.39 is 5.97 Å². The van der Waals surface area contributed by atoms with E-state index in [-0.39, 0.29) is 24.7 Å². The average molecular weight is 298 g/mol. The SMILES string of the molecule is CC(C)CCN(C(=O)N(CC(=O)O)C(C)C)C1CCCC1. The van der Waals surface area contributed by atoms with Crippen LogP contribution in [0.25, 0.3) is 0 Å². The molecule has 0 heterocycles. The van der Waals surface area contributed by atoms with Gasteiger partial charge in [0.25, 0.3) is 0 Å². The van der Waals surface area contributed by atoms with Crippen LogP contribution >= 0.6 is 0 Å². The fourth-order valence-electron chi connectivity index (χ4n) is 2.83. The van der Waals surface area contributed by atoms with E-state index in [1.807, 2.05) is 18.7 Å². The van der Waals surface area contributed by atoms with Crippen LogP contribution in [0.3, 0.4) is 0 Å². The monoisotopic (exact) mass is 298 g/mol. The van der Waals surface area contributed by atoms with E-state index in [9.17, 15) is 9.59 Å². The van der Waals surface area contributed by atoms with Crippen LogP contribution in [0.1, 0.15) is 59.8 Å². The van der Waals surface area contributed by atoms with Crippen molar-refractivity contribution in [3.05, 3.63) is 0 Å². The molecule has 1 aliphatic rings. The third-order valence-corrected chi connectivity index (χ3v) is 4.13. The highest BCUT2D eigenvalue weighted by Gasteiger charge is 2.31. The Bertz CT molecular complexity index is 349. The molecule has 0 bridgehead atoms. The van der Waals surface area contributed by atoms with Crippen LogP contribution in [0, 0.1) is 5.92 Å². The zero-order valence-electron chi connectivity index (χ0n) is 13.8. The highest BCUT2D eigenvalue weighted by Crippen LogP contribution is 2.25. The van der Waals surface area contributed by atoms with Gasteiger partial charge in [0, 0.05) is 18.6 Å². The number of carbonyl (C=O) groups excluding carboxylic acids is 1. The van der Waals surface area contributed by atoms with Gasteiger partial charge < -0.3 is 14.9 Å². The van der Waals surface area contributed by atoms with Gasteiger partial charge in [-0.05, 0) is 39.0 Å². The Morgan fingerprint density at radius 2 is 1.71 bits per heavy atom. The second kappa shape index (κ2) is 8.25. The average Bonchev–Trinajstić information content (AvgIpc) is 2.88. The van der Waals surface area contributed by atoms with E-state index in [2.05, 4.69) is 13.8 Å². The second-order valence-electron chi connectivity index (χ2n) is 6.71. The van der Waals surface area contributed by atoms with Crippen molar-refractivity contribution in [1.82, 2.24) is 9.80 Å². The van der Waals surface area contributed by atoms with Crippen LogP contribution in [0.4, 0.5) is 4.79 Å². The molecule has 1 aliphatic carbocycles. The van der Waals surface area contributed by atoms with E-state index in [1.54, 1.807) is 0 Å². The van der Waals surface area contributed by atoms with E-state index >= 15 is 0 Å². The van der Waals surface area contributed by atoms with E-state index in [0.29, 0.717) is 5.92 Å². The predicted octanol–water partition coefficient (Wildman–Crippen LogP) is 3.19. The van der Waals surface area contributed by atoms with Crippen LogP contribution in [0.15, 0.2) is 0 Å². The third kappa shape index (κ3) is 5.56. The maximum absolute atomic E-state index is 12.8. The number of amides is 2. The molecule has 1 fully saturated rings. The smallest absolute Gasteiger partial charge is 0.323 e. The van der Waals surface area contributed by atoms with Gasteiger partial charge in [-0.15, -0.1) is 0 Å². The van der Waals surface area contributed by atoms with Crippen molar-refractivity contribution in [2.75, 3.05) is 13.1 Å². The lowest BCUT2D eigenvalue weighted by atomic mass is 10.1. The quantitative estimate of drug-likeness (QED) is 0.785. The van der Waals surface area contributed by atoms with E-state index in [1.165, 1.54) is 4.90 Å². The van der Waals surface area contributed by atoms with Crippen LogP contribution in [0.5, 0.6) is 0 Å². The summed E-state index contributed by atoms with van der Waals surface area (Å²) in [6, 6.07) is 0.0720. The maximum atomic E-state index is 12.8. The number of rotatable bonds is 7. The summed E-state index contributed by atoms with van der Waals surface area (Å²) >= 11 is 0. The standard InChI is InChI=1S/C16H30N2O3/c1-12(2)9-10-17(14-7-5-6-8-14)16(21)18(13(3)4)11-15(19)20/h12-14H,5-11H2,1-4H3,(H,19,20). The molecular weight excluding hydrogens is 268 g/mol. The molecule has 21 heavy (non-hydrogen) atoms. The molecule has 0 atom stereocenters. The number of nitrogens with zero attached hydrogens (tertiary/aromatic N) is 2. The summed E-state index contributed by atoms with van der Waals surface area (Å²) in [4.78, 5) is 27.2. The zero-order valence-corrected chi connectivity index (χ0v) is 13.8. The lowest BCUT2D eigenvalue weighted by Gasteiger charge is -2.36. The number of hydrogen-bond donors (Lipinski definition) is 1. The molecular formula is C16H30N2O3. The molecule has 1 rings (SSSR count). The van der Waals surface area contributed by atoms with Gasteiger partial charge in [0.1, 0.15) is 6.54 Å². The van der Waals surface area contributed by atoms with Gasteiger partial charge in [0.2, 0.25) is 0 Å².